The normalized spacial score (nSPS) is 26.3. The van der Waals surface area contributed by atoms with E-state index in [0.29, 0.717) is 23.4 Å². The largest absolute Gasteiger partial charge is 0.480 e. The van der Waals surface area contributed by atoms with Gasteiger partial charge in [0.05, 0.1) is 5.56 Å². The van der Waals surface area contributed by atoms with Crippen LogP contribution in [0.3, 0.4) is 0 Å². The van der Waals surface area contributed by atoms with Crippen LogP contribution in [-0.2, 0) is 32.2 Å². The standard InChI is InChI=1S/C22H24F3N3O4S/c1-14-12-27(13-15(2)28(14)19-8-7-17(11-26-19)22(23,24)25)33(31,32)21(20(29)30)10-9-16-5-3-4-6-18(16)21/h3-8,11,14-15H,9-10,12-13H2,1-2H3,(H,29,30)/t14-,15-,21-/m0/s1. The zero-order chi connectivity index (χ0) is 24.2. The molecule has 0 spiro atoms. The number of carboxylic acid groups (broad SMARTS) is 1. The van der Waals surface area contributed by atoms with Crippen molar-refractivity contribution in [2.75, 3.05) is 18.0 Å². The highest BCUT2D eigenvalue weighted by Crippen LogP contribution is 2.45. The van der Waals surface area contributed by atoms with E-state index in [-0.39, 0.29) is 19.5 Å². The first-order valence-corrected chi connectivity index (χ1v) is 12.0. The summed E-state index contributed by atoms with van der Waals surface area (Å²) in [4.78, 5) is 18.1. The lowest BCUT2D eigenvalue weighted by atomic mass is 10.0. The molecule has 1 aliphatic heterocycles. The van der Waals surface area contributed by atoms with E-state index in [2.05, 4.69) is 4.98 Å². The number of rotatable bonds is 4. The molecule has 11 heteroatoms. The number of piperazine rings is 1. The predicted molar refractivity (Wildman–Crippen MR) is 115 cm³/mol. The smallest absolute Gasteiger partial charge is 0.417 e. The van der Waals surface area contributed by atoms with E-state index in [4.69, 9.17) is 0 Å². The molecule has 1 aromatic carbocycles. The Hall–Kier alpha value is -2.66. The molecule has 1 saturated heterocycles. The van der Waals surface area contributed by atoms with Crippen LogP contribution in [0.25, 0.3) is 0 Å². The number of pyridine rings is 1. The van der Waals surface area contributed by atoms with Gasteiger partial charge in [0.25, 0.3) is 0 Å². The van der Waals surface area contributed by atoms with Gasteiger partial charge in [0.15, 0.2) is 0 Å². The highest BCUT2D eigenvalue weighted by atomic mass is 32.2. The number of aliphatic carboxylic acids is 1. The highest BCUT2D eigenvalue weighted by Gasteiger charge is 2.59. The van der Waals surface area contributed by atoms with Crippen molar-refractivity contribution in [2.45, 2.75) is 49.7 Å². The Labute approximate surface area is 189 Å². The average molecular weight is 484 g/mol. The molecule has 178 valence electrons. The molecule has 2 aliphatic rings. The molecule has 3 atom stereocenters. The van der Waals surface area contributed by atoms with Gasteiger partial charge in [-0.2, -0.15) is 17.5 Å². The van der Waals surface area contributed by atoms with Crippen LogP contribution in [0.4, 0.5) is 19.0 Å². The van der Waals surface area contributed by atoms with Crippen LogP contribution in [0.2, 0.25) is 0 Å². The van der Waals surface area contributed by atoms with Gasteiger partial charge in [0.2, 0.25) is 14.8 Å². The van der Waals surface area contributed by atoms with Crippen LogP contribution in [0.15, 0.2) is 42.6 Å². The number of nitrogens with zero attached hydrogens (tertiary/aromatic N) is 3. The third kappa shape index (κ3) is 3.67. The summed E-state index contributed by atoms with van der Waals surface area (Å²) in [6.07, 6.45) is -3.44. The summed E-state index contributed by atoms with van der Waals surface area (Å²) < 4.78 is 65.4. The predicted octanol–water partition coefficient (Wildman–Crippen LogP) is 3.26. The Balaban J connectivity index is 1.64. The van der Waals surface area contributed by atoms with Crippen molar-refractivity contribution in [3.63, 3.8) is 0 Å². The highest BCUT2D eigenvalue weighted by molar-refractivity contribution is 7.90. The lowest BCUT2D eigenvalue weighted by molar-refractivity contribution is -0.140. The number of sulfonamides is 1. The first kappa shape index (κ1) is 23.5. The molecule has 0 bridgehead atoms. The second-order valence-electron chi connectivity index (χ2n) is 8.62. The Morgan fingerprint density at radius 1 is 1.12 bits per heavy atom. The van der Waals surface area contributed by atoms with Crippen LogP contribution in [-0.4, -0.2) is 54.0 Å². The number of aromatic nitrogens is 1. The molecule has 0 amide bonds. The van der Waals surface area contributed by atoms with Crippen molar-refractivity contribution in [3.05, 3.63) is 59.3 Å². The van der Waals surface area contributed by atoms with E-state index in [1.54, 1.807) is 43.0 Å². The van der Waals surface area contributed by atoms with Gasteiger partial charge in [-0.05, 0) is 49.9 Å². The van der Waals surface area contributed by atoms with Gasteiger partial charge in [-0.3, -0.25) is 4.79 Å². The Bertz CT molecular complexity index is 1160. The number of halogens is 3. The van der Waals surface area contributed by atoms with Crippen LogP contribution < -0.4 is 4.90 Å². The van der Waals surface area contributed by atoms with Gasteiger partial charge in [0.1, 0.15) is 5.82 Å². The molecule has 1 fully saturated rings. The van der Waals surface area contributed by atoms with Crippen molar-refractivity contribution in [1.29, 1.82) is 0 Å². The number of benzene rings is 1. The van der Waals surface area contributed by atoms with Crippen molar-refractivity contribution in [3.8, 4) is 0 Å². The van der Waals surface area contributed by atoms with Crippen LogP contribution in [0.1, 0.15) is 37.0 Å². The summed E-state index contributed by atoms with van der Waals surface area (Å²) >= 11 is 0. The molecule has 0 saturated carbocycles. The van der Waals surface area contributed by atoms with Crippen molar-refractivity contribution >= 4 is 21.8 Å². The fourth-order valence-corrected chi connectivity index (χ4v) is 7.35. The summed E-state index contributed by atoms with van der Waals surface area (Å²) in [7, 11) is -4.30. The number of carbonyl (C=O) groups is 1. The average Bonchev–Trinajstić information content (AvgIpc) is 3.14. The molecule has 7 nitrogen and oxygen atoms in total. The fraction of sp³-hybridized carbons (Fsp3) is 0.455. The molecule has 1 N–H and O–H groups in total. The summed E-state index contributed by atoms with van der Waals surface area (Å²) in [6, 6.07) is 8.04. The SMILES string of the molecule is C[C@H]1CN(S(=O)(=O)[C@@]2(C(=O)O)CCc3ccccc32)C[C@H](C)N1c1ccc(C(F)(F)F)cn1. The van der Waals surface area contributed by atoms with E-state index in [1.165, 1.54) is 10.4 Å². The first-order valence-electron chi connectivity index (χ1n) is 10.5. The number of carboxylic acids is 1. The third-order valence-electron chi connectivity index (χ3n) is 6.55. The van der Waals surface area contributed by atoms with Crippen LogP contribution in [0.5, 0.6) is 0 Å². The van der Waals surface area contributed by atoms with E-state index >= 15 is 0 Å². The molecule has 0 radical (unpaired) electrons. The Kier molecular flexibility index (Phi) is 5.68. The van der Waals surface area contributed by atoms with E-state index in [9.17, 15) is 31.5 Å². The van der Waals surface area contributed by atoms with Crippen molar-refractivity contribution in [1.82, 2.24) is 9.29 Å². The topological polar surface area (TPSA) is 90.8 Å². The maximum Gasteiger partial charge on any atom is 0.417 e. The molecule has 1 aliphatic carbocycles. The molecule has 0 unspecified atom stereocenters. The minimum absolute atomic E-state index is 0.00737. The van der Waals surface area contributed by atoms with Gasteiger partial charge in [-0.1, -0.05) is 24.3 Å². The summed E-state index contributed by atoms with van der Waals surface area (Å²) in [5.41, 5.74) is 0.137. The number of aryl methyl sites for hydroxylation is 1. The third-order valence-corrected chi connectivity index (χ3v) is 9.01. The first-order chi connectivity index (χ1) is 15.4. The lowest BCUT2D eigenvalue weighted by Crippen LogP contribution is -2.62. The van der Waals surface area contributed by atoms with Gasteiger partial charge in [-0.25, -0.2) is 13.4 Å². The second kappa shape index (κ2) is 7.98. The molecular formula is C22H24F3N3O4S. The van der Waals surface area contributed by atoms with Gasteiger partial charge in [-0.15, -0.1) is 0 Å². The molecule has 33 heavy (non-hydrogen) atoms. The zero-order valence-corrected chi connectivity index (χ0v) is 18.9. The monoisotopic (exact) mass is 483 g/mol. The van der Waals surface area contributed by atoms with E-state index in [1.807, 2.05) is 0 Å². The number of alkyl halides is 3. The van der Waals surface area contributed by atoms with Gasteiger partial charge < -0.3 is 10.0 Å². The number of anilines is 1. The van der Waals surface area contributed by atoms with Crippen LogP contribution in [0, 0.1) is 0 Å². The molecular weight excluding hydrogens is 459 g/mol. The Morgan fingerprint density at radius 2 is 1.76 bits per heavy atom. The van der Waals surface area contributed by atoms with Crippen molar-refractivity contribution < 1.29 is 31.5 Å². The summed E-state index contributed by atoms with van der Waals surface area (Å²) in [5, 5.41) is 10.1. The molecule has 2 aromatic rings. The molecule has 1 aromatic heterocycles. The zero-order valence-electron chi connectivity index (χ0n) is 18.1. The lowest BCUT2D eigenvalue weighted by Gasteiger charge is -2.46. The minimum atomic E-state index is -4.50. The fourth-order valence-electron chi connectivity index (χ4n) is 5.03. The minimum Gasteiger partial charge on any atom is -0.480 e. The number of hydrogen-bond donors (Lipinski definition) is 1. The van der Waals surface area contributed by atoms with E-state index in [0.717, 1.165) is 12.3 Å². The molecule has 4 rings (SSSR count). The Morgan fingerprint density at radius 3 is 2.30 bits per heavy atom. The maximum atomic E-state index is 13.8. The van der Waals surface area contributed by atoms with Crippen molar-refractivity contribution in [2.24, 2.45) is 0 Å². The number of fused-ring (bicyclic) bond motifs is 1. The summed E-state index contributed by atoms with van der Waals surface area (Å²) in [6.45, 7) is 3.47. The quantitative estimate of drug-likeness (QED) is 0.718. The van der Waals surface area contributed by atoms with Gasteiger partial charge in [0, 0.05) is 31.4 Å². The van der Waals surface area contributed by atoms with E-state index < -0.39 is 44.6 Å². The van der Waals surface area contributed by atoms with Gasteiger partial charge >= 0.3 is 12.1 Å². The second-order valence-corrected chi connectivity index (χ2v) is 10.8. The number of hydrogen-bond acceptors (Lipinski definition) is 5. The summed E-state index contributed by atoms with van der Waals surface area (Å²) in [5.74, 6) is -1.10. The maximum absolute atomic E-state index is 13.8. The molecule has 2 heterocycles. The van der Waals surface area contributed by atoms with Crippen LogP contribution >= 0.6 is 0 Å².